The second-order valence-electron chi connectivity index (χ2n) is 3.78. The van der Waals surface area contributed by atoms with E-state index in [1.54, 1.807) is 13.0 Å². The molecule has 0 fully saturated rings. The van der Waals surface area contributed by atoms with Gasteiger partial charge in [0.1, 0.15) is 0 Å². The largest absolute Gasteiger partial charge is 0.359 e. The molecule has 2 heterocycles. The summed E-state index contributed by atoms with van der Waals surface area (Å²) in [7, 11) is 0. The number of nitrogens with one attached hydrogen (secondary N) is 2. The summed E-state index contributed by atoms with van der Waals surface area (Å²) >= 11 is 0. The molecule has 0 radical (unpaired) electrons. The van der Waals surface area contributed by atoms with Gasteiger partial charge in [-0.25, -0.2) is 15.2 Å². The Hall–Kier alpha value is -2.48. The summed E-state index contributed by atoms with van der Waals surface area (Å²) in [5.41, 5.74) is 2.62. The molecular weight excluding hydrogens is 253 g/mol. The number of halogens is 1. The summed E-state index contributed by atoms with van der Waals surface area (Å²) < 4.78 is 18.7. The first-order chi connectivity index (χ1) is 9.11. The Morgan fingerprint density at radius 1 is 1.58 bits per heavy atom. The van der Waals surface area contributed by atoms with E-state index in [-0.39, 0.29) is 17.9 Å². The van der Waals surface area contributed by atoms with E-state index in [1.807, 2.05) is 0 Å². The third kappa shape index (κ3) is 2.86. The van der Waals surface area contributed by atoms with Crippen LogP contribution >= 0.6 is 0 Å². The lowest BCUT2D eigenvalue weighted by Gasteiger charge is -2.06. The maximum absolute atomic E-state index is 13.8. The predicted octanol–water partition coefficient (Wildman–Crippen LogP) is 0.733. The maximum atomic E-state index is 13.8. The zero-order chi connectivity index (χ0) is 13.8. The molecule has 0 aliphatic rings. The molecule has 100 valence electrons. The second-order valence-corrected chi connectivity index (χ2v) is 3.78. The minimum atomic E-state index is -0.809. The van der Waals surface area contributed by atoms with Crippen molar-refractivity contribution in [1.82, 2.24) is 15.5 Å². The lowest BCUT2D eigenvalue weighted by molar-refractivity contribution is 0.0943. The van der Waals surface area contributed by atoms with Gasteiger partial charge in [0.25, 0.3) is 5.91 Å². The Balaban J connectivity index is 2.08. The van der Waals surface area contributed by atoms with Crippen LogP contribution < -0.4 is 16.6 Å². The summed E-state index contributed by atoms with van der Waals surface area (Å²) in [6, 6.07) is 2.94. The normalized spacial score (nSPS) is 10.3. The van der Waals surface area contributed by atoms with Gasteiger partial charge in [-0.3, -0.25) is 4.79 Å². The van der Waals surface area contributed by atoms with Crippen molar-refractivity contribution in [2.75, 3.05) is 5.43 Å². The van der Waals surface area contributed by atoms with Crippen LogP contribution in [0.15, 0.2) is 22.9 Å². The summed E-state index contributed by atoms with van der Waals surface area (Å²) in [5.74, 6) is 3.97. The fourth-order valence-electron chi connectivity index (χ4n) is 1.48. The van der Waals surface area contributed by atoms with E-state index < -0.39 is 11.7 Å². The number of anilines is 1. The van der Waals surface area contributed by atoms with Crippen molar-refractivity contribution in [3.8, 4) is 0 Å². The lowest BCUT2D eigenvalue weighted by Crippen LogP contribution is -2.24. The van der Waals surface area contributed by atoms with E-state index >= 15 is 0 Å². The minimum Gasteiger partial charge on any atom is -0.359 e. The Morgan fingerprint density at radius 3 is 3.00 bits per heavy atom. The van der Waals surface area contributed by atoms with Gasteiger partial charge in [0.05, 0.1) is 17.8 Å². The smallest absolute Gasteiger partial charge is 0.254 e. The number of rotatable bonds is 4. The zero-order valence-corrected chi connectivity index (χ0v) is 10.1. The van der Waals surface area contributed by atoms with Crippen molar-refractivity contribution in [3.63, 3.8) is 0 Å². The highest BCUT2D eigenvalue weighted by atomic mass is 19.1. The number of amides is 1. The van der Waals surface area contributed by atoms with Crippen LogP contribution in [0.1, 0.15) is 21.8 Å². The van der Waals surface area contributed by atoms with E-state index in [2.05, 4.69) is 20.9 Å². The molecule has 19 heavy (non-hydrogen) atoms. The third-order valence-corrected chi connectivity index (χ3v) is 2.37. The van der Waals surface area contributed by atoms with Gasteiger partial charge >= 0.3 is 0 Å². The quantitative estimate of drug-likeness (QED) is 0.556. The first-order valence-electron chi connectivity index (χ1n) is 5.43. The van der Waals surface area contributed by atoms with E-state index in [1.165, 1.54) is 12.3 Å². The highest BCUT2D eigenvalue weighted by Crippen LogP contribution is 2.14. The topological polar surface area (TPSA) is 106 Å². The monoisotopic (exact) mass is 265 g/mol. The van der Waals surface area contributed by atoms with Crippen LogP contribution in [0.4, 0.5) is 10.2 Å². The van der Waals surface area contributed by atoms with E-state index in [0.29, 0.717) is 11.5 Å². The summed E-state index contributed by atoms with van der Waals surface area (Å²) in [6.45, 7) is 1.88. The Labute approximate surface area is 108 Å². The summed E-state index contributed by atoms with van der Waals surface area (Å²) in [6.07, 6.45) is 1.28. The van der Waals surface area contributed by atoms with Crippen molar-refractivity contribution in [2.24, 2.45) is 5.84 Å². The summed E-state index contributed by atoms with van der Waals surface area (Å²) in [5, 5.41) is 6.19. The standard InChI is InChI=1S/C11H12FN5O2/c1-6-4-7(19-17-6)5-15-11(18)8-2-3-14-10(16-13)9(8)12/h2-4H,5,13H2,1H3,(H,14,16)(H,15,18). The molecule has 0 spiro atoms. The highest BCUT2D eigenvalue weighted by molar-refractivity contribution is 5.95. The highest BCUT2D eigenvalue weighted by Gasteiger charge is 2.15. The average Bonchev–Trinajstić information content (AvgIpc) is 2.82. The molecule has 0 aliphatic heterocycles. The molecule has 0 aromatic carbocycles. The number of hydrogen-bond donors (Lipinski definition) is 3. The van der Waals surface area contributed by atoms with Crippen LogP contribution in [-0.4, -0.2) is 16.0 Å². The van der Waals surface area contributed by atoms with Gasteiger partial charge in [-0.15, -0.1) is 0 Å². The molecule has 0 saturated carbocycles. The molecule has 7 nitrogen and oxygen atoms in total. The first-order valence-corrected chi connectivity index (χ1v) is 5.43. The number of aryl methyl sites for hydroxylation is 1. The van der Waals surface area contributed by atoms with Crippen molar-refractivity contribution < 1.29 is 13.7 Å². The first kappa shape index (κ1) is 13.0. The number of nitrogens with two attached hydrogens (primary N) is 1. The molecular formula is C11H12FN5O2. The molecule has 0 atom stereocenters. The predicted molar refractivity (Wildman–Crippen MR) is 64.4 cm³/mol. The molecule has 2 rings (SSSR count). The van der Waals surface area contributed by atoms with E-state index in [0.717, 1.165) is 0 Å². The zero-order valence-electron chi connectivity index (χ0n) is 10.1. The fourth-order valence-corrected chi connectivity index (χ4v) is 1.48. The number of carbonyl (C=O) groups is 1. The van der Waals surface area contributed by atoms with Gasteiger partial charge in [-0.05, 0) is 13.0 Å². The molecule has 0 aliphatic carbocycles. The second kappa shape index (κ2) is 5.44. The molecule has 2 aromatic rings. The Bertz CT molecular complexity index is 599. The summed E-state index contributed by atoms with van der Waals surface area (Å²) in [4.78, 5) is 15.4. The molecule has 0 unspecified atom stereocenters. The Kier molecular flexibility index (Phi) is 3.71. The van der Waals surface area contributed by atoms with Gasteiger partial charge in [0, 0.05) is 12.3 Å². The van der Waals surface area contributed by atoms with E-state index in [4.69, 9.17) is 10.4 Å². The maximum Gasteiger partial charge on any atom is 0.254 e. The molecule has 8 heteroatoms. The number of hydrogen-bond acceptors (Lipinski definition) is 6. The van der Waals surface area contributed by atoms with Crippen LogP contribution in [-0.2, 0) is 6.54 Å². The van der Waals surface area contributed by atoms with Crippen LogP contribution in [0.2, 0.25) is 0 Å². The SMILES string of the molecule is Cc1cc(CNC(=O)c2ccnc(NN)c2F)on1. The van der Waals surface area contributed by atoms with Gasteiger partial charge in [-0.2, -0.15) is 0 Å². The van der Waals surface area contributed by atoms with Gasteiger partial charge in [0.2, 0.25) is 0 Å². The van der Waals surface area contributed by atoms with Crippen molar-refractivity contribution >= 4 is 11.7 Å². The molecule has 4 N–H and O–H groups in total. The lowest BCUT2D eigenvalue weighted by atomic mass is 10.2. The molecule has 0 saturated heterocycles. The van der Waals surface area contributed by atoms with E-state index in [9.17, 15) is 9.18 Å². The number of aromatic nitrogens is 2. The third-order valence-electron chi connectivity index (χ3n) is 2.37. The number of nitrogens with zero attached hydrogens (tertiary/aromatic N) is 2. The number of nitrogen functional groups attached to an aromatic ring is 1. The molecule has 2 aromatic heterocycles. The van der Waals surface area contributed by atoms with Crippen LogP contribution in [0, 0.1) is 12.7 Å². The number of pyridine rings is 1. The van der Waals surface area contributed by atoms with Gasteiger partial charge in [-0.1, -0.05) is 5.16 Å². The Morgan fingerprint density at radius 2 is 2.37 bits per heavy atom. The molecule has 0 bridgehead atoms. The van der Waals surface area contributed by atoms with Crippen LogP contribution in [0.3, 0.4) is 0 Å². The van der Waals surface area contributed by atoms with Crippen molar-refractivity contribution in [3.05, 3.63) is 41.2 Å². The fraction of sp³-hybridized carbons (Fsp3) is 0.182. The van der Waals surface area contributed by atoms with Crippen LogP contribution in [0.25, 0.3) is 0 Å². The van der Waals surface area contributed by atoms with Crippen molar-refractivity contribution in [1.29, 1.82) is 0 Å². The minimum absolute atomic E-state index is 0.118. The van der Waals surface area contributed by atoms with Crippen LogP contribution in [0.5, 0.6) is 0 Å². The number of carbonyl (C=O) groups excluding carboxylic acids is 1. The van der Waals surface area contributed by atoms with Gasteiger partial charge < -0.3 is 15.3 Å². The number of hydrazine groups is 1. The van der Waals surface area contributed by atoms with Crippen molar-refractivity contribution in [2.45, 2.75) is 13.5 Å². The average molecular weight is 265 g/mol. The molecule has 1 amide bonds. The van der Waals surface area contributed by atoms with Gasteiger partial charge in [0.15, 0.2) is 17.4 Å².